The van der Waals surface area contributed by atoms with E-state index in [0.717, 1.165) is 33.6 Å². The summed E-state index contributed by atoms with van der Waals surface area (Å²) in [6.45, 7) is 4.29. The van der Waals surface area contributed by atoms with Crippen molar-refractivity contribution in [2.24, 2.45) is 0 Å². The highest BCUT2D eigenvalue weighted by molar-refractivity contribution is 8.02. The predicted molar refractivity (Wildman–Crippen MR) is 122 cm³/mol. The highest BCUT2D eigenvalue weighted by Crippen LogP contribution is 2.56. The molecule has 1 fully saturated rings. The van der Waals surface area contributed by atoms with E-state index < -0.39 is 4.87 Å². The Morgan fingerprint density at radius 2 is 1.65 bits per heavy atom. The summed E-state index contributed by atoms with van der Waals surface area (Å²) in [4.78, 5) is 29.4. The predicted octanol–water partition coefficient (Wildman–Crippen LogP) is 4.92. The second-order valence-electron chi connectivity index (χ2n) is 8.04. The number of fused-ring (bicyclic) bond motifs is 2. The van der Waals surface area contributed by atoms with Crippen LogP contribution in [0.3, 0.4) is 0 Å². The second-order valence-corrected chi connectivity index (χ2v) is 9.21. The zero-order chi connectivity index (χ0) is 21.8. The molecule has 0 aromatic heterocycles. The van der Waals surface area contributed by atoms with Crippen molar-refractivity contribution in [3.63, 3.8) is 0 Å². The smallest absolute Gasteiger partial charge is 0.269 e. The standard InChI is InChI=1S/C25H21FN2O2S/c1-16-11-17(2)13-20(12-16)28-23(29)15-31-25(28)21-5-3-4-6-22(21)27(24(25)30)14-18-7-9-19(26)10-8-18/h3-13H,14-15H2,1-2H3/t25-/m1/s1. The van der Waals surface area contributed by atoms with Crippen molar-refractivity contribution in [3.8, 4) is 0 Å². The van der Waals surface area contributed by atoms with Crippen LogP contribution in [-0.2, 0) is 21.0 Å². The molecule has 6 heteroatoms. The van der Waals surface area contributed by atoms with Gasteiger partial charge in [0.15, 0.2) is 0 Å². The van der Waals surface area contributed by atoms with Crippen LogP contribution in [0.2, 0.25) is 0 Å². The lowest BCUT2D eigenvalue weighted by Gasteiger charge is -2.33. The van der Waals surface area contributed by atoms with E-state index in [4.69, 9.17) is 0 Å². The SMILES string of the molecule is Cc1cc(C)cc(N2C(=O)CS[C@]23C(=O)N(Cc2ccc(F)cc2)c2ccccc23)c1. The van der Waals surface area contributed by atoms with Gasteiger partial charge in [0.1, 0.15) is 5.82 Å². The minimum Gasteiger partial charge on any atom is -0.304 e. The van der Waals surface area contributed by atoms with Gasteiger partial charge < -0.3 is 4.90 Å². The summed E-state index contributed by atoms with van der Waals surface area (Å²) in [5.41, 5.74) is 5.24. The lowest BCUT2D eigenvalue weighted by Crippen LogP contribution is -2.49. The summed E-state index contributed by atoms with van der Waals surface area (Å²) in [6, 6.07) is 19.8. The molecule has 0 bridgehead atoms. The molecule has 156 valence electrons. The molecular formula is C25H21FN2O2S. The topological polar surface area (TPSA) is 40.6 Å². The molecule has 2 amide bonds. The lowest BCUT2D eigenvalue weighted by molar-refractivity contribution is -0.123. The van der Waals surface area contributed by atoms with Gasteiger partial charge in [-0.2, -0.15) is 0 Å². The molecule has 4 nitrogen and oxygen atoms in total. The number of hydrogen-bond donors (Lipinski definition) is 0. The molecule has 1 atom stereocenters. The van der Waals surface area contributed by atoms with Crippen molar-refractivity contribution in [2.75, 3.05) is 15.6 Å². The number of anilines is 2. The van der Waals surface area contributed by atoms with Gasteiger partial charge in [-0.1, -0.05) is 36.4 Å². The van der Waals surface area contributed by atoms with Gasteiger partial charge in [-0.05, 0) is 60.9 Å². The lowest BCUT2D eigenvalue weighted by atomic mass is 10.0. The first-order chi connectivity index (χ1) is 14.9. The Balaban J connectivity index is 1.65. The number of amides is 2. The number of para-hydroxylation sites is 1. The van der Waals surface area contributed by atoms with E-state index in [9.17, 15) is 14.0 Å². The molecule has 0 unspecified atom stereocenters. The Labute approximate surface area is 184 Å². The largest absolute Gasteiger partial charge is 0.304 e. The van der Waals surface area contributed by atoms with Gasteiger partial charge >= 0.3 is 0 Å². The highest BCUT2D eigenvalue weighted by atomic mass is 32.2. The fourth-order valence-corrected chi connectivity index (χ4v) is 5.92. The van der Waals surface area contributed by atoms with Crippen molar-refractivity contribution in [1.82, 2.24) is 0 Å². The number of benzene rings is 3. The van der Waals surface area contributed by atoms with Gasteiger partial charge in [-0.3, -0.25) is 14.5 Å². The van der Waals surface area contributed by atoms with E-state index in [1.807, 2.05) is 50.2 Å². The third-order valence-corrected chi connectivity index (χ3v) is 7.17. The van der Waals surface area contributed by atoms with Crippen LogP contribution in [0.4, 0.5) is 15.8 Å². The fourth-order valence-electron chi connectivity index (χ4n) is 4.56. The molecule has 1 spiro atoms. The summed E-state index contributed by atoms with van der Waals surface area (Å²) >= 11 is 1.37. The van der Waals surface area contributed by atoms with E-state index in [0.29, 0.717) is 6.54 Å². The van der Waals surface area contributed by atoms with Gasteiger partial charge in [0.2, 0.25) is 10.8 Å². The van der Waals surface area contributed by atoms with Crippen molar-refractivity contribution in [2.45, 2.75) is 25.3 Å². The fraction of sp³-hybridized carbons (Fsp3) is 0.200. The maximum absolute atomic E-state index is 14.0. The number of hydrogen-bond acceptors (Lipinski definition) is 3. The van der Waals surface area contributed by atoms with Crippen molar-refractivity contribution in [1.29, 1.82) is 0 Å². The molecule has 2 aliphatic rings. The van der Waals surface area contributed by atoms with E-state index in [1.54, 1.807) is 21.9 Å². The summed E-state index contributed by atoms with van der Waals surface area (Å²) in [5, 5.41) is 0. The quantitative estimate of drug-likeness (QED) is 0.590. The molecule has 3 aromatic carbocycles. The van der Waals surface area contributed by atoms with Gasteiger partial charge in [0.25, 0.3) is 5.91 Å². The van der Waals surface area contributed by atoms with Crippen molar-refractivity contribution >= 4 is 35.0 Å². The summed E-state index contributed by atoms with van der Waals surface area (Å²) in [7, 11) is 0. The summed E-state index contributed by atoms with van der Waals surface area (Å²) in [6.07, 6.45) is 0. The minimum atomic E-state index is -1.13. The Kier molecular flexibility index (Phi) is 4.63. The number of carbonyl (C=O) groups is 2. The first kappa shape index (κ1) is 19.8. The average Bonchev–Trinajstić information content (AvgIpc) is 3.20. The molecule has 5 rings (SSSR count). The number of rotatable bonds is 3. The van der Waals surface area contributed by atoms with Crippen LogP contribution in [0.1, 0.15) is 22.3 Å². The van der Waals surface area contributed by atoms with E-state index in [2.05, 4.69) is 6.07 Å². The van der Waals surface area contributed by atoms with Crippen LogP contribution in [0, 0.1) is 19.7 Å². The van der Waals surface area contributed by atoms with Gasteiger partial charge in [0.05, 0.1) is 18.0 Å². The minimum absolute atomic E-state index is 0.0817. The number of aryl methyl sites for hydroxylation is 2. The van der Waals surface area contributed by atoms with E-state index in [1.165, 1.54) is 23.9 Å². The number of carbonyl (C=O) groups excluding carboxylic acids is 2. The van der Waals surface area contributed by atoms with Crippen LogP contribution in [0.15, 0.2) is 66.7 Å². The molecule has 3 aromatic rings. The first-order valence-corrected chi connectivity index (χ1v) is 11.1. The molecule has 0 radical (unpaired) electrons. The van der Waals surface area contributed by atoms with Gasteiger partial charge in [0, 0.05) is 11.3 Å². The van der Waals surface area contributed by atoms with Crippen LogP contribution < -0.4 is 9.80 Å². The Morgan fingerprint density at radius 1 is 0.968 bits per heavy atom. The molecule has 2 aliphatic heterocycles. The monoisotopic (exact) mass is 432 g/mol. The van der Waals surface area contributed by atoms with Gasteiger partial charge in [-0.15, -0.1) is 11.8 Å². The Hall–Kier alpha value is -3.12. The normalized spacial score (nSPS) is 20.1. The molecule has 0 saturated carbocycles. The highest BCUT2D eigenvalue weighted by Gasteiger charge is 2.60. The van der Waals surface area contributed by atoms with Crippen LogP contribution >= 0.6 is 11.8 Å². The van der Waals surface area contributed by atoms with Crippen molar-refractivity contribution < 1.29 is 14.0 Å². The number of halogens is 1. The third kappa shape index (κ3) is 3.05. The molecular weight excluding hydrogens is 411 g/mol. The van der Waals surface area contributed by atoms with Crippen LogP contribution in [0.5, 0.6) is 0 Å². The molecule has 1 saturated heterocycles. The van der Waals surface area contributed by atoms with Crippen LogP contribution in [-0.4, -0.2) is 17.6 Å². The zero-order valence-corrected chi connectivity index (χ0v) is 18.1. The summed E-state index contributed by atoms with van der Waals surface area (Å²) < 4.78 is 13.4. The maximum Gasteiger partial charge on any atom is 0.269 e. The van der Waals surface area contributed by atoms with E-state index >= 15 is 0 Å². The molecule has 0 N–H and O–H groups in total. The van der Waals surface area contributed by atoms with Gasteiger partial charge in [-0.25, -0.2) is 4.39 Å². The Morgan fingerprint density at radius 3 is 2.35 bits per heavy atom. The molecule has 2 heterocycles. The summed E-state index contributed by atoms with van der Waals surface area (Å²) in [5.74, 6) is -0.307. The number of nitrogens with zero attached hydrogens (tertiary/aromatic N) is 2. The number of thioether (sulfide) groups is 1. The average molecular weight is 433 g/mol. The maximum atomic E-state index is 14.0. The zero-order valence-electron chi connectivity index (χ0n) is 17.3. The third-order valence-electron chi connectivity index (χ3n) is 5.78. The Bertz CT molecular complexity index is 1190. The molecule has 0 aliphatic carbocycles. The second kappa shape index (κ2) is 7.24. The van der Waals surface area contributed by atoms with Crippen molar-refractivity contribution in [3.05, 3.63) is 94.8 Å². The van der Waals surface area contributed by atoms with E-state index in [-0.39, 0.29) is 23.4 Å². The van der Waals surface area contributed by atoms with Crippen LogP contribution in [0.25, 0.3) is 0 Å². The molecule has 31 heavy (non-hydrogen) atoms. The first-order valence-electron chi connectivity index (χ1n) is 10.1.